The van der Waals surface area contributed by atoms with E-state index in [4.69, 9.17) is 0 Å². The van der Waals surface area contributed by atoms with Gasteiger partial charge in [-0.1, -0.05) is 0 Å². The maximum Gasteiger partial charge on any atom is 0.388 e. The molecule has 0 atom stereocenters. The molecule has 0 spiro atoms. The zero-order chi connectivity index (χ0) is 3.54. The Labute approximate surface area is 30.9 Å². The molecule has 0 aromatic carbocycles. The molecular weight excluding hydrogens is 64.0 g/mol. The highest BCUT2D eigenvalue weighted by molar-refractivity contribution is 4.74. The van der Waals surface area contributed by atoms with Crippen LogP contribution in [0.1, 0.15) is 0 Å². The molecule has 0 fully saturated rings. The van der Waals surface area contributed by atoms with Crippen molar-refractivity contribution in [2.45, 2.75) is 0 Å². The average Bonchev–Trinajstić information content (AvgIpc) is 1.76. The van der Waals surface area contributed by atoms with Crippen LogP contribution in [0.2, 0.25) is 0 Å². The monoisotopic (exact) mass is 69.0 g/mol. The molecule has 0 saturated heterocycles. The van der Waals surface area contributed by atoms with Crippen molar-refractivity contribution in [2.75, 3.05) is 6.67 Å². The van der Waals surface area contributed by atoms with E-state index in [2.05, 4.69) is 16.8 Å². The van der Waals surface area contributed by atoms with Gasteiger partial charge in [-0.2, -0.15) is 5.32 Å². The first-order valence-corrected chi connectivity index (χ1v) is 1.53. The minimum absolute atomic E-state index is 0.833. The second-order valence-corrected chi connectivity index (χ2v) is 0.846. The zero-order valence-corrected chi connectivity index (χ0v) is 2.78. The van der Waals surface area contributed by atoms with Gasteiger partial charge in [-0.15, -0.1) is 0 Å². The van der Waals surface area contributed by atoms with Crippen molar-refractivity contribution >= 4 is 0 Å². The van der Waals surface area contributed by atoms with Crippen LogP contribution < -0.4 is 10.6 Å². The predicted octanol–water partition coefficient (Wildman–Crippen LogP) is -0.589. The van der Waals surface area contributed by atoms with Gasteiger partial charge in [-0.25, -0.2) is 0 Å². The standard InChI is InChI=1S/C3H5N2/c1-2-5-3-4-1/h1,4-5H,3H2/q+1. The van der Waals surface area contributed by atoms with E-state index in [1.54, 1.807) is 6.20 Å². The van der Waals surface area contributed by atoms with Gasteiger partial charge in [-0.05, 0) is 0 Å². The summed E-state index contributed by atoms with van der Waals surface area (Å²) in [5.74, 6) is 0. The molecule has 1 rings (SSSR count). The third kappa shape index (κ3) is 0.281. The lowest BCUT2D eigenvalue weighted by Gasteiger charge is -1.71. The van der Waals surface area contributed by atoms with Gasteiger partial charge >= 0.3 is 6.20 Å². The molecule has 2 nitrogen and oxygen atoms in total. The van der Waals surface area contributed by atoms with E-state index in [0.717, 1.165) is 6.67 Å². The summed E-state index contributed by atoms with van der Waals surface area (Å²) >= 11 is 0. The fourth-order valence-corrected chi connectivity index (χ4v) is 0.255. The van der Waals surface area contributed by atoms with Gasteiger partial charge in [0.1, 0.15) is 6.67 Å². The summed E-state index contributed by atoms with van der Waals surface area (Å²) in [7, 11) is 0. The Hall–Kier alpha value is -0.750. The molecule has 0 saturated carbocycles. The second kappa shape index (κ2) is 0.911. The quantitative estimate of drug-likeness (QED) is 0.371. The summed E-state index contributed by atoms with van der Waals surface area (Å²) < 4.78 is 0. The van der Waals surface area contributed by atoms with Crippen LogP contribution in [0.5, 0.6) is 0 Å². The Balaban J connectivity index is 2.32. The minimum Gasteiger partial charge on any atom is -0.325 e. The molecule has 1 aliphatic heterocycles. The molecule has 0 aromatic rings. The largest absolute Gasteiger partial charge is 0.388 e. The van der Waals surface area contributed by atoms with Crippen LogP contribution in [0.4, 0.5) is 0 Å². The summed E-state index contributed by atoms with van der Waals surface area (Å²) in [6.45, 7) is 0.833. The van der Waals surface area contributed by atoms with E-state index in [9.17, 15) is 0 Å². The lowest BCUT2D eigenvalue weighted by molar-refractivity contribution is 0.827. The van der Waals surface area contributed by atoms with Crippen LogP contribution in [0.15, 0.2) is 6.20 Å². The first-order chi connectivity index (χ1) is 2.50. The van der Waals surface area contributed by atoms with Crippen LogP contribution in [0.3, 0.4) is 0 Å². The molecule has 2 heteroatoms. The SMILES string of the molecule is [C+]1=CNCN1. The normalized spacial score (nSPS) is 16.0. The van der Waals surface area contributed by atoms with Gasteiger partial charge in [0, 0.05) is 0 Å². The molecule has 1 heterocycles. The van der Waals surface area contributed by atoms with Crippen LogP contribution in [0.25, 0.3) is 0 Å². The maximum atomic E-state index is 2.88. The van der Waals surface area contributed by atoms with Gasteiger partial charge in [-0.3, -0.25) is 0 Å². The Bertz CT molecular complexity index is 42.9. The predicted molar refractivity (Wildman–Crippen MR) is 19.0 cm³/mol. The number of nitrogens with one attached hydrogen (secondary N) is 2. The lowest BCUT2D eigenvalue weighted by atomic mass is 11.0. The summed E-state index contributed by atoms with van der Waals surface area (Å²) in [6.07, 6.45) is 4.49. The fourth-order valence-electron chi connectivity index (χ4n) is 0.255. The van der Waals surface area contributed by atoms with Gasteiger partial charge in [0.15, 0.2) is 0 Å². The second-order valence-electron chi connectivity index (χ2n) is 0.846. The Morgan fingerprint density at radius 1 is 1.80 bits per heavy atom. The van der Waals surface area contributed by atoms with Crippen molar-refractivity contribution in [2.24, 2.45) is 0 Å². The number of rotatable bonds is 0. The molecule has 0 aromatic heterocycles. The van der Waals surface area contributed by atoms with E-state index in [0.29, 0.717) is 0 Å². The van der Waals surface area contributed by atoms with Crippen molar-refractivity contribution < 1.29 is 0 Å². The van der Waals surface area contributed by atoms with Gasteiger partial charge in [0.05, 0.1) is 0 Å². The summed E-state index contributed by atoms with van der Waals surface area (Å²) in [4.78, 5) is 0. The molecule has 0 unspecified atom stereocenters. The first kappa shape index (κ1) is 2.49. The minimum atomic E-state index is 0.833. The van der Waals surface area contributed by atoms with E-state index in [-0.39, 0.29) is 0 Å². The Morgan fingerprint density at radius 2 is 2.80 bits per heavy atom. The van der Waals surface area contributed by atoms with Crippen LogP contribution in [0, 0.1) is 6.20 Å². The molecule has 0 bridgehead atoms. The van der Waals surface area contributed by atoms with E-state index in [1.807, 2.05) is 0 Å². The topological polar surface area (TPSA) is 24.1 Å². The average molecular weight is 69.1 g/mol. The van der Waals surface area contributed by atoms with E-state index >= 15 is 0 Å². The van der Waals surface area contributed by atoms with Gasteiger partial charge in [0.2, 0.25) is 0 Å². The lowest BCUT2D eigenvalue weighted by Crippen LogP contribution is -2.10. The molecule has 0 amide bonds. The zero-order valence-electron chi connectivity index (χ0n) is 2.78. The summed E-state index contributed by atoms with van der Waals surface area (Å²) in [5.41, 5.74) is 0. The molecule has 1 aliphatic rings. The molecule has 26 valence electrons. The third-order valence-electron chi connectivity index (χ3n) is 0.467. The molecule has 5 heavy (non-hydrogen) atoms. The highest BCUT2D eigenvalue weighted by atomic mass is 15.1. The first-order valence-electron chi connectivity index (χ1n) is 1.53. The summed E-state index contributed by atoms with van der Waals surface area (Å²) in [6, 6.07) is 0. The Kier molecular flexibility index (Phi) is 0.453. The smallest absolute Gasteiger partial charge is 0.325 e. The van der Waals surface area contributed by atoms with Crippen molar-refractivity contribution in [3.8, 4) is 0 Å². The highest BCUT2D eigenvalue weighted by Crippen LogP contribution is 1.63. The number of hydrogen-bond donors (Lipinski definition) is 2. The van der Waals surface area contributed by atoms with Crippen molar-refractivity contribution in [1.82, 2.24) is 10.6 Å². The molecule has 0 radical (unpaired) electrons. The van der Waals surface area contributed by atoms with Crippen LogP contribution in [-0.4, -0.2) is 6.67 Å². The van der Waals surface area contributed by atoms with Crippen LogP contribution in [-0.2, 0) is 0 Å². The van der Waals surface area contributed by atoms with Gasteiger partial charge in [0.25, 0.3) is 6.20 Å². The number of hydrogen-bond acceptors (Lipinski definition) is 2. The third-order valence-corrected chi connectivity index (χ3v) is 0.467. The molecule has 0 aliphatic carbocycles. The van der Waals surface area contributed by atoms with Crippen LogP contribution >= 0.6 is 0 Å². The van der Waals surface area contributed by atoms with Gasteiger partial charge < -0.3 is 5.32 Å². The maximum absolute atomic E-state index is 2.88. The van der Waals surface area contributed by atoms with Crippen molar-refractivity contribution in [1.29, 1.82) is 0 Å². The fraction of sp³-hybridized carbons (Fsp3) is 0.333. The van der Waals surface area contributed by atoms with Crippen molar-refractivity contribution in [3.05, 3.63) is 12.4 Å². The molecular formula is C3H5N2+. The highest BCUT2D eigenvalue weighted by Gasteiger charge is 1.96. The summed E-state index contributed by atoms with van der Waals surface area (Å²) in [5, 5.41) is 5.68. The molecule has 2 N–H and O–H groups in total. The Morgan fingerprint density at radius 3 is 3.00 bits per heavy atom. The van der Waals surface area contributed by atoms with E-state index < -0.39 is 0 Å². The van der Waals surface area contributed by atoms with E-state index in [1.165, 1.54) is 0 Å². The van der Waals surface area contributed by atoms with Crippen molar-refractivity contribution in [3.63, 3.8) is 0 Å².